The lowest BCUT2D eigenvalue weighted by Crippen LogP contribution is -2.57. The van der Waals surface area contributed by atoms with Crippen LogP contribution in [0.5, 0.6) is 0 Å². The fourth-order valence-corrected chi connectivity index (χ4v) is 1.27. The van der Waals surface area contributed by atoms with Gasteiger partial charge in [-0.1, -0.05) is 11.6 Å². The van der Waals surface area contributed by atoms with Crippen LogP contribution in [0.25, 0.3) is 0 Å². The number of pyridine rings is 1. The standard InChI is InChI=1S/C12H17ClN2O2/c1-11(2,12(3,4)17)15-10(16)8-5-6-14-7-9(8)13/h5-7,17H,1-4H3,(H,15,16). The second kappa shape index (κ2) is 4.63. The van der Waals surface area contributed by atoms with Crippen molar-refractivity contribution in [1.82, 2.24) is 10.3 Å². The molecule has 0 aliphatic heterocycles. The molecule has 0 saturated heterocycles. The minimum atomic E-state index is -1.04. The van der Waals surface area contributed by atoms with Gasteiger partial charge in [-0.15, -0.1) is 0 Å². The van der Waals surface area contributed by atoms with Crippen molar-refractivity contribution < 1.29 is 9.90 Å². The third-order valence-corrected chi connectivity index (χ3v) is 3.27. The van der Waals surface area contributed by atoms with E-state index in [1.807, 2.05) is 0 Å². The number of halogens is 1. The summed E-state index contributed by atoms with van der Waals surface area (Å²) in [5, 5.41) is 13.0. The molecule has 4 nitrogen and oxygen atoms in total. The van der Waals surface area contributed by atoms with Gasteiger partial charge in [0.25, 0.3) is 5.91 Å². The van der Waals surface area contributed by atoms with E-state index in [2.05, 4.69) is 10.3 Å². The van der Waals surface area contributed by atoms with E-state index in [1.54, 1.807) is 27.7 Å². The molecule has 1 aromatic heterocycles. The molecule has 5 heteroatoms. The Labute approximate surface area is 106 Å². The molecule has 0 atom stereocenters. The highest BCUT2D eigenvalue weighted by molar-refractivity contribution is 6.33. The fraction of sp³-hybridized carbons (Fsp3) is 0.500. The first kappa shape index (κ1) is 13.9. The van der Waals surface area contributed by atoms with E-state index >= 15 is 0 Å². The predicted molar refractivity (Wildman–Crippen MR) is 67.1 cm³/mol. The summed E-state index contributed by atoms with van der Waals surface area (Å²) in [6.07, 6.45) is 2.91. The first-order chi connectivity index (χ1) is 7.65. The van der Waals surface area contributed by atoms with Gasteiger partial charge in [-0.3, -0.25) is 9.78 Å². The zero-order valence-electron chi connectivity index (χ0n) is 10.4. The maximum atomic E-state index is 12.0. The number of amides is 1. The molecule has 1 amide bonds. The third kappa shape index (κ3) is 3.17. The van der Waals surface area contributed by atoms with Crippen LogP contribution in [-0.4, -0.2) is 27.1 Å². The third-order valence-electron chi connectivity index (χ3n) is 2.97. The number of nitrogens with one attached hydrogen (secondary N) is 1. The smallest absolute Gasteiger partial charge is 0.253 e. The lowest BCUT2D eigenvalue weighted by Gasteiger charge is -2.38. The maximum absolute atomic E-state index is 12.0. The minimum Gasteiger partial charge on any atom is -0.388 e. The Bertz CT molecular complexity index is 425. The quantitative estimate of drug-likeness (QED) is 0.870. The van der Waals surface area contributed by atoms with Crippen molar-refractivity contribution in [3.8, 4) is 0 Å². The molecule has 0 fully saturated rings. The SMILES string of the molecule is CC(C)(O)C(C)(C)NC(=O)c1ccncc1Cl. The number of rotatable bonds is 3. The van der Waals surface area contributed by atoms with Crippen molar-refractivity contribution in [3.63, 3.8) is 0 Å². The van der Waals surface area contributed by atoms with Crippen molar-refractivity contribution in [2.24, 2.45) is 0 Å². The van der Waals surface area contributed by atoms with E-state index in [1.165, 1.54) is 18.5 Å². The number of aromatic nitrogens is 1. The molecule has 0 unspecified atom stereocenters. The molecule has 0 saturated carbocycles. The summed E-state index contributed by atoms with van der Waals surface area (Å²) >= 11 is 5.88. The number of nitrogens with zero attached hydrogens (tertiary/aromatic N) is 1. The number of carbonyl (C=O) groups excluding carboxylic acids is 1. The number of hydrogen-bond donors (Lipinski definition) is 2. The summed E-state index contributed by atoms with van der Waals surface area (Å²) in [5.41, 5.74) is -1.46. The molecule has 0 aromatic carbocycles. The summed E-state index contributed by atoms with van der Waals surface area (Å²) in [5.74, 6) is -0.329. The van der Waals surface area contributed by atoms with Crippen molar-refractivity contribution in [3.05, 3.63) is 29.0 Å². The molecule has 94 valence electrons. The first-order valence-corrected chi connectivity index (χ1v) is 5.67. The molecule has 0 radical (unpaired) electrons. The van der Waals surface area contributed by atoms with Gasteiger partial charge in [-0.2, -0.15) is 0 Å². The number of aliphatic hydroxyl groups is 1. The highest BCUT2D eigenvalue weighted by Gasteiger charge is 2.36. The molecule has 2 N–H and O–H groups in total. The molecule has 1 rings (SSSR count). The van der Waals surface area contributed by atoms with Crippen LogP contribution in [0.1, 0.15) is 38.1 Å². The molecule has 0 aliphatic carbocycles. The summed E-state index contributed by atoms with van der Waals surface area (Å²) in [7, 11) is 0. The van der Waals surface area contributed by atoms with Gasteiger partial charge in [0.05, 0.1) is 21.7 Å². The van der Waals surface area contributed by atoms with Gasteiger partial charge in [0, 0.05) is 12.4 Å². The summed E-state index contributed by atoms with van der Waals surface area (Å²) in [6.45, 7) is 6.78. The average molecular weight is 257 g/mol. The van der Waals surface area contributed by atoms with Gasteiger partial charge < -0.3 is 10.4 Å². The van der Waals surface area contributed by atoms with E-state index < -0.39 is 11.1 Å². The van der Waals surface area contributed by atoms with Crippen LogP contribution < -0.4 is 5.32 Å². The van der Waals surface area contributed by atoms with Crippen LogP contribution in [0.2, 0.25) is 5.02 Å². The Balaban J connectivity index is 2.92. The topological polar surface area (TPSA) is 62.2 Å². The van der Waals surface area contributed by atoms with E-state index in [0.717, 1.165) is 0 Å². The zero-order chi connectivity index (χ0) is 13.3. The van der Waals surface area contributed by atoms with E-state index in [9.17, 15) is 9.90 Å². The van der Waals surface area contributed by atoms with Crippen LogP contribution in [-0.2, 0) is 0 Å². The predicted octanol–water partition coefficient (Wildman–Crippen LogP) is 2.01. The van der Waals surface area contributed by atoms with E-state index in [4.69, 9.17) is 11.6 Å². The van der Waals surface area contributed by atoms with Crippen molar-refractivity contribution in [2.75, 3.05) is 0 Å². The minimum absolute atomic E-state index is 0.288. The highest BCUT2D eigenvalue weighted by Crippen LogP contribution is 2.22. The average Bonchev–Trinajstić information content (AvgIpc) is 2.15. The van der Waals surface area contributed by atoms with Gasteiger partial charge in [-0.25, -0.2) is 0 Å². The lowest BCUT2D eigenvalue weighted by molar-refractivity contribution is -0.00292. The van der Waals surface area contributed by atoms with Crippen molar-refractivity contribution in [1.29, 1.82) is 0 Å². The van der Waals surface area contributed by atoms with Crippen LogP contribution >= 0.6 is 11.6 Å². The Morgan fingerprint density at radius 1 is 1.41 bits per heavy atom. The normalized spacial score (nSPS) is 12.4. The second-order valence-corrected chi connectivity index (χ2v) is 5.40. The highest BCUT2D eigenvalue weighted by atomic mass is 35.5. The Morgan fingerprint density at radius 3 is 2.47 bits per heavy atom. The largest absolute Gasteiger partial charge is 0.388 e. The summed E-state index contributed by atoms with van der Waals surface area (Å²) < 4.78 is 0. The van der Waals surface area contributed by atoms with Crippen LogP contribution in [0, 0.1) is 0 Å². The zero-order valence-corrected chi connectivity index (χ0v) is 11.2. The van der Waals surface area contributed by atoms with Gasteiger partial charge in [0.15, 0.2) is 0 Å². The molecule has 17 heavy (non-hydrogen) atoms. The van der Waals surface area contributed by atoms with Gasteiger partial charge in [-0.05, 0) is 33.8 Å². The van der Waals surface area contributed by atoms with Gasteiger partial charge in [0.1, 0.15) is 0 Å². The van der Waals surface area contributed by atoms with Crippen molar-refractivity contribution in [2.45, 2.75) is 38.8 Å². The van der Waals surface area contributed by atoms with Crippen LogP contribution in [0.4, 0.5) is 0 Å². The van der Waals surface area contributed by atoms with Gasteiger partial charge >= 0.3 is 0 Å². The maximum Gasteiger partial charge on any atom is 0.253 e. The van der Waals surface area contributed by atoms with E-state index in [0.29, 0.717) is 5.56 Å². The first-order valence-electron chi connectivity index (χ1n) is 5.29. The lowest BCUT2D eigenvalue weighted by atomic mass is 9.86. The fourth-order valence-electron chi connectivity index (χ4n) is 1.06. The number of hydrogen-bond acceptors (Lipinski definition) is 3. The Morgan fingerprint density at radius 2 is 2.00 bits per heavy atom. The Hall–Kier alpha value is -1.13. The van der Waals surface area contributed by atoms with Crippen LogP contribution in [0.3, 0.4) is 0 Å². The Kier molecular flexibility index (Phi) is 3.79. The summed E-state index contributed by atoms with van der Waals surface area (Å²) in [6, 6.07) is 1.54. The van der Waals surface area contributed by atoms with Crippen molar-refractivity contribution >= 4 is 17.5 Å². The van der Waals surface area contributed by atoms with Crippen LogP contribution in [0.15, 0.2) is 18.5 Å². The summed E-state index contributed by atoms with van der Waals surface area (Å²) in [4.78, 5) is 15.8. The molecular formula is C12H17ClN2O2. The van der Waals surface area contributed by atoms with E-state index in [-0.39, 0.29) is 10.9 Å². The number of carbonyl (C=O) groups is 1. The molecular weight excluding hydrogens is 240 g/mol. The monoisotopic (exact) mass is 256 g/mol. The molecule has 1 heterocycles. The molecule has 0 bridgehead atoms. The molecule has 1 aromatic rings. The molecule has 0 aliphatic rings. The van der Waals surface area contributed by atoms with Gasteiger partial charge in [0.2, 0.25) is 0 Å². The second-order valence-electron chi connectivity index (χ2n) is 4.99. The molecule has 0 spiro atoms.